The summed E-state index contributed by atoms with van der Waals surface area (Å²) in [7, 11) is 0. The largest absolute Gasteiger partial charge is 0.510 e. The maximum atomic E-state index is 14.4. The van der Waals surface area contributed by atoms with Crippen LogP contribution in [-0.4, -0.2) is 50.6 Å². The van der Waals surface area contributed by atoms with Crippen molar-refractivity contribution in [2.24, 2.45) is 4.99 Å². The Kier molecular flexibility index (Phi) is 10.7. The molecule has 194 valence electrons. The summed E-state index contributed by atoms with van der Waals surface area (Å²) in [6.07, 6.45) is 13.8. The van der Waals surface area contributed by atoms with Gasteiger partial charge in [0, 0.05) is 55.5 Å². The Labute approximate surface area is 211 Å². The van der Waals surface area contributed by atoms with E-state index < -0.39 is 11.8 Å². The molecule has 1 aliphatic rings. The van der Waals surface area contributed by atoms with E-state index in [0.29, 0.717) is 24.2 Å². The van der Waals surface area contributed by atoms with Gasteiger partial charge in [0.1, 0.15) is 5.76 Å². The average molecular weight is 501 g/mol. The van der Waals surface area contributed by atoms with Gasteiger partial charge in [-0.1, -0.05) is 6.08 Å². The number of allylic oxidation sites excluding steroid dienone is 5. The van der Waals surface area contributed by atoms with E-state index in [-0.39, 0.29) is 22.7 Å². The smallest absolute Gasteiger partial charge is 0.275 e. The van der Waals surface area contributed by atoms with Crippen LogP contribution in [0.1, 0.15) is 58.2 Å². The highest BCUT2D eigenvalue weighted by molar-refractivity contribution is 6.05. The Morgan fingerprint density at radius 3 is 2.36 bits per heavy atom. The van der Waals surface area contributed by atoms with Crippen molar-refractivity contribution in [2.75, 3.05) is 13.1 Å². The summed E-state index contributed by atoms with van der Waals surface area (Å²) in [4.78, 5) is 26.3. The van der Waals surface area contributed by atoms with E-state index in [9.17, 15) is 18.7 Å². The van der Waals surface area contributed by atoms with Gasteiger partial charge in [0.2, 0.25) is 0 Å². The van der Waals surface area contributed by atoms with E-state index >= 15 is 0 Å². The number of nitrogens with zero attached hydrogens (tertiary/aromatic N) is 4. The molecule has 0 aliphatic carbocycles. The number of carbonyl (C=O) groups excluding carboxylic acids is 1. The van der Waals surface area contributed by atoms with E-state index in [1.807, 2.05) is 6.92 Å². The number of carbonyl (C=O) groups is 1. The number of aliphatic imine (C=N–C) groups is 1. The molecule has 0 atom stereocenters. The first-order chi connectivity index (χ1) is 17.0. The zero-order chi connectivity index (χ0) is 26.7. The third-order valence-electron chi connectivity index (χ3n) is 5.49. The first kappa shape index (κ1) is 28.6. The van der Waals surface area contributed by atoms with Crippen LogP contribution in [0, 0.1) is 6.92 Å². The molecule has 0 radical (unpaired) electrons. The summed E-state index contributed by atoms with van der Waals surface area (Å²) in [6.45, 7) is 8.32. The fourth-order valence-electron chi connectivity index (χ4n) is 3.60. The number of alkyl halides is 2. The molecule has 0 aromatic carbocycles. The number of aliphatic hydroxyl groups excluding tert-OH is 1. The summed E-state index contributed by atoms with van der Waals surface area (Å²) in [5, 5.41) is 10.0. The summed E-state index contributed by atoms with van der Waals surface area (Å²) >= 11 is 0. The number of aryl methyl sites for hydroxylation is 1. The van der Waals surface area contributed by atoms with Crippen LogP contribution in [0.4, 0.5) is 8.78 Å². The molecule has 0 spiro atoms. The van der Waals surface area contributed by atoms with Gasteiger partial charge in [0.05, 0.1) is 18.2 Å². The van der Waals surface area contributed by atoms with Crippen molar-refractivity contribution >= 4 is 17.2 Å². The molecule has 1 amide bonds. The molecule has 7 nitrogen and oxygen atoms in total. The quantitative estimate of drug-likeness (QED) is 0.217. The molecule has 0 saturated carbocycles. The van der Waals surface area contributed by atoms with Gasteiger partial charge in [-0.2, -0.15) is 0 Å². The number of rotatable bonds is 6. The number of furan rings is 1. The number of hydrogen-bond donors (Lipinski definition) is 1. The molecule has 2 aromatic heterocycles. The van der Waals surface area contributed by atoms with Crippen LogP contribution in [-0.2, 0) is 4.79 Å². The lowest BCUT2D eigenvalue weighted by molar-refractivity contribution is -0.128. The Morgan fingerprint density at radius 2 is 1.92 bits per heavy atom. The maximum Gasteiger partial charge on any atom is 0.275 e. The molecule has 0 unspecified atom stereocenters. The van der Waals surface area contributed by atoms with Crippen molar-refractivity contribution in [3.05, 3.63) is 77.6 Å². The zero-order valence-electron chi connectivity index (χ0n) is 21.5. The SMILES string of the molecule is C\C=C(/C=C(\C(C)=N\C(C(=O)N1CCCCC1)=C(/C)O)C(C)(F)F)c1ccoc1.Cc1cnccn1. The van der Waals surface area contributed by atoms with E-state index in [1.165, 1.54) is 32.4 Å². The summed E-state index contributed by atoms with van der Waals surface area (Å²) in [5.41, 5.74) is 1.58. The number of halogens is 2. The fourth-order valence-corrected chi connectivity index (χ4v) is 3.60. The van der Waals surface area contributed by atoms with Crippen LogP contribution in [0.2, 0.25) is 0 Å². The molecule has 9 heteroatoms. The van der Waals surface area contributed by atoms with Crippen LogP contribution in [0.5, 0.6) is 0 Å². The van der Waals surface area contributed by atoms with Crippen LogP contribution >= 0.6 is 0 Å². The van der Waals surface area contributed by atoms with Gasteiger partial charge in [-0.05, 0) is 64.7 Å². The normalized spacial score (nSPS) is 16.2. The fraction of sp³-hybridized carbons (Fsp3) is 0.407. The standard InChI is InChI=1S/C22H28F2N2O3.C5H6N2/c1-5-17(18-9-12-29-14-18)13-19(22(4,23)24)15(2)25-20(16(3)27)21(28)26-10-7-6-8-11-26;1-5-4-6-2-3-7-5/h5,9,12-14,27H,6-8,10-11H2,1-4H3;2-4H,1H3/b17-5+,19-13+,20-16+,25-15+;. The Balaban J connectivity index is 0.000000558. The lowest BCUT2D eigenvalue weighted by atomic mass is 9.99. The Morgan fingerprint density at radius 1 is 1.22 bits per heavy atom. The molecule has 1 N–H and O–H groups in total. The molecule has 1 saturated heterocycles. The zero-order valence-corrected chi connectivity index (χ0v) is 21.5. The highest BCUT2D eigenvalue weighted by Gasteiger charge is 2.31. The Hall–Kier alpha value is -3.62. The number of piperidine rings is 1. The highest BCUT2D eigenvalue weighted by Crippen LogP contribution is 2.29. The summed E-state index contributed by atoms with van der Waals surface area (Å²) in [5.74, 6) is -3.93. The van der Waals surface area contributed by atoms with Gasteiger partial charge in [0.15, 0.2) is 5.70 Å². The van der Waals surface area contributed by atoms with Crippen molar-refractivity contribution in [2.45, 2.75) is 59.8 Å². The molecule has 36 heavy (non-hydrogen) atoms. The third-order valence-corrected chi connectivity index (χ3v) is 5.49. The predicted molar refractivity (Wildman–Crippen MR) is 137 cm³/mol. The molecule has 1 fully saturated rings. The topological polar surface area (TPSA) is 91.8 Å². The second-order valence-electron chi connectivity index (χ2n) is 8.53. The molecular formula is C27H34F2N4O3. The van der Waals surface area contributed by atoms with Crippen molar-refractivity contribution in [3.63, 3.8) is 0 Å². The van der Waals surface area contributed by atoms with Gasteiger partial charge in [0.25, 0.3) is 11.8 Å². The number of aromatic nitrogens is 2. The van der Waals surface area contributed by atoms with Crippen molar-refractivity contribution in [1.29, 1.82) is 0 Å². The van der Waals surface area contributed by atoms with Crippen LogP contribution in [0.25, 0.3) is 5.57 Å². The first-order valence-electron chi connectivity index (χ1n) is 11.8. The molecule has 2 aromatic rings. The first-order valence-corrected chi connectivity index (χ1v) is 11.8. The number of hydrogen-bond acceptors (Lipinski definition) is 6. The van der Waals surface area contributed by atoms with Crippen molar-refractivity contribution < 1.29 is 23.1 Å². The van der Waals surface area contributed by atoms with Crippen LogP contribution in [0.3, 0.4) is 0 Å². The molecule has 3 rings (SSSR count). The minimum absolute atomic E-state index is 0.0332. The second-order valence-corrected chi connectivity index (χ2v) is 8.53. The van der Waals surface area contributed by atoms with E-state index in [1.54, 1.807) is 42.6 Å². The van der Waals surface area contributed by atoms with E-state index in [4.69, 9.17) is 4.42 Å². The highest BCUT2D eigenvalue weighted by atomic mass is 19.3. The molecule has 0 bridgehead atoms. The number of likely N-dealkylation sites (tertiary alicyclic amines) is 1. The lowest BCUT2D eigenvalue weighted by Gasteiger charge is -2.27. The summed E-state index contributed by atoms with van der Waals surface area (Å²) < 4.78 is 33.9. The van der Waals surface area contributed by atoms with Gasteiger partial charge in [-0.15, -0.1) is 0 Å². The minimum Gasteiger partial charge on any atom is -0.510 e. The molecule has 3 heterocycles. The van der Waals surface area contributed by atoms with E-state index in [0.717, 1.165) is 31.9 Å². The molecule has 1 aliphatic heterocycles. The van der Waals surface area contributed by atoms with E-state index in [2.05, 4.69) is 15.0 Å². The minimum atomic E-state index is -3.20. The maximum absolute atomic E-state index is 14.4. The van der Waals surface area contributed by atoms with Gasteiger partial charge < -0.3 is 14.4 Å². The number of aliphatic hydroxyl groups is 1. The monoisotopic (exact) mass is 500 g/mol. The van der Waals surface area contributed by atoms with Crippen molar-refractivity contribution in [1.82, 2.24) is 14.9 Å². The second kappa shape index (κ2) is 13.5. The molecular weight excluding hydrogens is 466 g/mol. The third kappa shape index (κ3) is 8.55. The average Bonchev–Trinajstić information content (AvgIpc) is 3.38. The number of amides is 1. The van der Waals surface area contributed by atoms with Gasteiger partial charge in [-0.25, -0.2) is 13.8 Å². The predicted octanol–water partition coefficient (Wildman–Crippen LogP) is 6.31. The Bertz CT molecular complexity index is 1110. The van der Waals surface area contributed by atoms with Crippen molar-refractivity contribution in [3.8, 4) is 0 Å². The van der Waals surface area contributed by atoms with Gasteiger partial charge in [-0.3, -0.25) is 14.8 Å². The van der Waals surface area contributed by atoms with Gasteiger partial charge >= 0.3 is 0 Å². The lowest BCUT2D eigenvalue weighted by Crippen LogP contribution is -2.36. The summed E-state index contributed by atoms with van der Waals surface area (Å²) in [6, 6.07) is 1.67. The van der Waals surface area contributed by atoms with Crippen LogP contribution in [0.15, 0.2) is 75.8 Å². The van der Waals surface area contributed by atoms with Crippen LogP contribution < -0.4 is 0 Å².